The Labute approximate surface area is 186 Å². The summed E-state index contributed by atoms with van der Waals surface area (Å²) >= 11 is 0. The van der Waals surface area contributed by atoms with Crippen molar-refractivity contribution in [2.75, 3.05) is 13.7 Å². The number of unbranched alkanes of at least 4 members (excludes halogenated alkanes) is 3. The third kappa shape index (κ3) is 4.17. The molecule has 0 amide bonds. The minimum atomic E-state index is -0.0517. The van der Waals surface area contributed by atoms with Crippen molar-refractivity contribution in [2.45, 2.75) is 51.9 Å². The van der Waals surface area contributed by atoms with Gasteiger partial charge in [0.25, 0.3) is 0 Å². The smallest absolute Gasteiger partial charge is 0.210 e. The number of ether oxygens (including phenoxy) is 1. The van der Waals surface area contributed by atoms with Gasteiger partial charge < -0.3 is 4.74 Å². The molecule has 31 heavy (non-hydrogen) atoms. The van der Waals surface area contributed by atoms with E-state index in [-0.39, 0.29) is 5.41 Å². The average Bonchev–Trinajstić information content (AvgIpc) is 3.01. The molecule has 4 rings (SSSR count). The van der Waals surface area contributed by atoms with Crippen LogP contribution in [0.25, 0.3) is 16.8 Å². The SMILES string of the molecule is CCCCCC[N+]1=C(C=Cc2ccc(OC)cc2)C(C)(C)c2c1ccc1ccccc21. The fourth-order valence-electron chi connectivity index (χ4n) is 4.86. The summed E-state index contributed by atoms with van der Waals surface area (Å²) in [5.41, 5.74) is 5.34. The van der Waals surface area contributed by atoms with Crippen molar-refractivity contribution >= 4 is 28.2 Å². The second-order valence-electron chi connectivity index (χ2n) is 9.01. The lowest BCUT2D eigenvalue weighted by molar-refractivity contribution is -0.438. The molecule has 0 N–H and O–H groups in total. The second kappa shape index (κ2) is 9.09. The number of allylic oxidation sites excluding steroid dienone is 1. The Hall–Kier alpha value is -2.87. The fraction of sp³-hybridized carbons (Fsp3) is 0.345. The summed E-state index contributed by atoms with van der Waals surface area (Å²) in [5.74, 6) is 0.891. The van der Waals surface area contributed by atoms with Gasteiger partial charge in [-0.15, -0.1) is 0 Å². The zero-order valence-corrected chi connectivity index (χ0v) is 19.3. The Bertz CT molecular complexity index is 1120. The molecule has 1 aliphatic rings. The number of nitrogens with zero attached hydrogens (tertiary/aromatic N) is 1. The van der Waals surface area contributed by atoms with Gasteiger partial charge in [-0.2, -0.15) is 4.58 Å². The predicted octanol–water partition coefficient (Wildman–Crippen LogP) is 7.52. The maximum absolute atomic E-state index is 5.31. The zero-order chi connectivity index (χ0) is 21.8. The van der Waals surface area contributed by atoms with Gasteiger partial charge in [0.2, 0.25) is 5.69 Å². The van der Waals surface area contributed by atoms with Gasteiger partial charge in [0.05, 0.1) is 12.5 Å². The van der Waals surface area contributed by atoms with Crippen molar-refractivity contribution in [1.29, 1.82) is 0 Å². The molecule has 0 aliphatic carbocycles. The number of hydrogen-bond donors (Lipinski definition) is 0. The third-order valence-electron chi connectivity index (χ3n) is 6.54. The van der Waals surface area contributed by atoms with E-state index in [1.165, 1.54) is 59.0 Å². The molecule has 0 saturated heterocycles. The molecular formula is C29H34NO+. The lowest BCUT2D eigenvalue weighted by atomic mass is 9.79. The van der Waals surface area contributed by atoms with E-state index in [0.717, 1.165) is 12.3 Å². The minimum absolute atomic E-state index is 0.0517. The minimum Gasteiger partial charge on any atom is -0.497 e. The molecule has 0 fully saturated rings. The van der Waals surface area contributed by atoms with E-state index in [2.05, 4.69) is 86.0 Å². The van der Waals surface area contributed by atoms with Crippen LogP contribution >= 0.6 is 0 Å². The maximum Gasteiger partial charge on any atom is 0.210 e. The van der Waals surface area contributed by atoms with Crippen molar-refractivity contribution in [3.63, 3.8) is 0 Å². The highest BCUT2D eigenvalue weighted by molar-refractivity contribution is 6.09. The number of hydrogen-bond acceptors (Lipinski definition) is 1. The van der Waals surface area contributed by atoms with E-state index in [0.29, 0.717) is 0 Å². The van der Waals surface area contributed by atoms with Crippen molar-refractivity contribution < 1.29 is 9.31 Å². The summed E-state index contributed by atoms with van der Waals surface area (Å²) < 4.78 is 7.87. The summed E-state index contributed by atoms with van der Waals surface area (Å²) in [5, 5.41) is 2.69. The Balaban J connectivity index is 1.77. The number of methoxy groups -OCH3 is 1. The van der Waals surface area contributed by atoms with Crippen LogP contribution in [-0.4, -0.2) is 23.9 Å². The molecule has 0 radical (unpaired) electrons. The summed E-state index contributed by atoms with van der Waals surface area (Å²) in [7, 11) is 1.71. The number of fused-ring (bicyclic) bond motifs is 3. The lowest BCUT2D eigenvalue weighted by Gasteiger charge is -2.17. The van der Waals surface area contributed by atoms with Crippen molar-refractivity contribution in [3.8, 4) is 5.75 Å². The van der Waals surface area contributed by atoms with Crippen LogP contribution in [0.3, 0.4) is 0 Å². The normalized spacial score (nSPS) is 15.1. The fourth-order valence-corrected chi connectivity index (χ4v) is 4.86. The van der Waals surface area contributed by atoms with Crippen LogP contribution < -0.4 is 4.74 Å². The molecule has 0 bridgehead atoms. The highest BCUT2D eigenvalue weighted by Crippen LogP contribution is 2.44. The Kier molecular flexibility index (Phi) is 6.27. The monoisotopic (exact) mass is 412 g/mol. The first-order chi connectivity index (χ1) is 15.1. The van der Waals surface area contributed by atoms with Gasteiger partial charge in [0, 0.05) is 24.1 Å². The van der Waals surface area contributed by atoms with E-state index in [1.54, 1.807) is 7.11 Å². The van der Waals surface area contributed by atoms with Crippen molar-refractivity contribution in [1.82, 2.24) is 0 Å². The molecule has 0 unspecified atom stereocenters. The van der Waals surface area contributed by atoms with Crippen LogP contribution in [0.5, 0.6) is 5.75 Å². The quantitative estimate of drug-likeness (QED) is 0.275. The molecule has 2 nitrogen and oxygen atoms in total. The maximum atomic E-state index is 5.31. The second-order valence-corrected chi connectivity index (χ2v) is 9.01. The van der Waals surface area contributed by atoms with E-state index in [9.17, 15) is 0 Å². The highest BCUT2D eigenvalue weighted by atomic mass is 16.5. The van der Waals surface area contributed by atoms with Crippen molar-refractivity contribution in [2.24, 2.45) is 0 Å². The topological polar surface area (TPSA) is 12.2 Å². The van der Waals surface area contributed by atoms with Crippen molar-refractivity contribution in [3.05, 3.63) is 77.9 Å². The number of benzene rings is 3. The van der Waals surface area contributed by atoms with Gasteiger partial charge in [-0.3, -0.25) is 0 Å². The molecule has 0 saturated carbocycles. The number of rotatable bonds is 8. The van der Waals surface area contributed by atoms with E-state index < -0.39 is 0 Å². The first kappa shape index (κ1) is 21.4. The Morgan fingerprint density at radius 3 is 2.39 bits per heavy atom. The summed E-state index contributed by atoms with van der Waals surface area (Å²) in [6, 6.07) is 21.7. The largest absolute Gasteiger partial charge is 0.497 e. The molecule has 3 aromatic rings. The highest BCUT2D eigenvalue weighted by Gasteiger charge is 2.45. The molecule has 2 heteroatoms. The van der Waals surface area contributed by atoms with Crippen LogP contribution in [0.1, 0.15) is 57.6 Å². The zero-order valence-electron chi connectivity index (χ0n) is 19.3. The van der Waals surface area contributed by atoms with Crippen LogP contribution in [-0.2, 0) is 5.41 Å². The summed E-state index contributed by atoms with van der Waals surface area (Å²) in [4.78, 5) is 0. The van der Waals surface area contributed by atoms with Gasteiger partial charge in [0.15, 0.2) is 5.71 Å². The van der Waals surface area contributed by atoms with E-state index in [1.807, 2.05) is 12.1 Å². The van der Waals surface area contributed by atoms with Gasteiger partial charge in [-0.25, -0.2) is 0 Å². The van der Waals surface area contributed by atoms with E-state index >= 15 is 0 Å². The third-order valence-corrected chi connectivity index (χ3v) is 6.54. The summed E-state index contributed by atoms with van der Waals surface area (Å²) in [6.45, 7) is 8.09. The van der Waals surface area contributed by atoms with Crippen LogP contribution in [0.15, 0.2) is 66.7 Å². The van der Waals surface area contributed by atoms with Gasteiger partial charge in [-0.05, 0) is 60.9 Å². The molecule has 1 aliphatic heterocycles. The molecule has 0 aromatic heterocycles. The first-order valence-corrected chi connectivity index (χ1v) is 11.6. The molecule has 160 valence electrons. The average molecular weight is 413 g/mol. The van der Waals surface area contributed by atoms with Gasteiger partial charge >= 0.3 is 0 Å². The lowest BCUT2D eigenvalue weighted by Crippen LogP contribution is -2.28. The standard InChI is InChI=1S/C29H34NO/c1-5-6-7-10-21-30-26-19-16-23-11-8-9-12-25(23)28(26)29(2,3)27(30)20-15-22-13-17-24(31-4)18-14-22/h8-9,11-20H,5-7,10,21H2,1-4H3/q+1. The van der Waals surface area contributed by atoms with Gasteiger partial charge in [-0.1, -0.05) is 56.2 Å². The Morgan fingerprint density at radius 1 is 0.871 bits per heavy atom. The first-order valence-electron chi connectivity index (χ1n) is 11.6. The van der Waals surface area contributed by atoms with Crippen LogP contribution in [0.2, 0.25) is 0 Å². The van der Waals surface area contributed by atoms with E-state index in [4.69, 9.17) is 4.74 Å². The van der Waals surface area contributed by atoms with Gasteiger partial charge in [0.1, 0.15) is 12.3 Å². The molecular weight excluding hydrogens is 378 g/mol. The molecule has 3 aromatic carbocycles. The summed E-state index contributed by atoms with van der Waals surface area (Å²) in [6.07, 6.45) is 9.64. The molecule has 0 spiro atoms. The molecule has 1 heterocycles. The predicted molar refractivity (Wildman–Crippen MR) is 133 cm³/mol. The van der Waals surface area contributed by atoms with Crippen LogP contribution in [0.4, 0.5) is 5.69 Å². The Morgan fingerprint density at radius 2 is 1.65 bits per heavy atom. The van der Waals surface area contributed by atoms with Crippen LogP contribution in [0, 0.1) is 0 Å². The molecule has 0 atom stereocenters.